The van der Waals surface area contributed by atoms with Crippen molar-refractivity contribution >= 4 is 11.8 Å². The molecule has 0 atom stereocenters. The topological polar surface area (TPSA) is 0 Å². The lowest BCUT2D eigenvalue weighted by atomic mass is 9.98. The molecule has 0 spiro atoms. The van der Waals surface area contributed by atoms with Crippen LogP contribution in [0.2, 0.25) is 0 Å². The van der Waals surface area contributed by atoms with Gasteiger partial charge >= 0.3 is 0 Å². The summed E-state index contributed by atoms with van der Waals surface area (Å²) >= 11 is 2.12. The number of thioether (sulfide) groups is 1. The van der Waals surface area contributed by atoms with E-state index in [4.69, 9.17) is 0 Å². The molecule has 0 aromatic carbocycles. The van der Waals surface area contributed by atoms with Crippen LogP contribution >= 0.6 is 11.8 Å². The molecule has 0 aliphatic carbocycles. The van der Waals surface area contributed by atoms with Gasteiger partial charge in [-0.25, -0.2) is 0 Å². The van der Waals surface area contributed by atoms with E-state index in [9.17, 15) is 0 Å². The largest absolute Gasteiger partial charge is 0.162 e. The fourth-order valence-electron chi connectivity index (χ4n) is 1.44. The second-order valence-electron chi connectivity index (χ2n) is 3.55. The van der Waals surface area contributed by atoms with Gasteiger partial charge in [0.05, 0.1) is 0 Å². The molecule has 12 heavy (non-hydrogen) atoms. The molecule has 0 saturated carbocycles. The first-order chi connectivity index (χ1) is 5.85. The van der Waals surface area contributed by atoms with Gasteiger partial charge in [0.15, 0.2) is 0 Å². The lowest BCUT2D eigenvalue weighted by molar-refractivity contribution is 0.449. The SMILES string of the molecule is CCC.CCCC1CCSCC1. The molecular formula is C11H24S. The third-order valence-electron chi connectivity index (χ3n) is 2.04. The third-order valence-corrected chi connectivity index (χ3v) is 3.09. The summed E-state index contributed by atoms with van der Waals surface area (Å²) in [7, 11) is 0. The van der Waals surface area contributed by atoms with E-state index >= 15 is 0 Å². The van der Waals surface area contributed by atoms with Crippen LogP contribution in [0.4, 0.5) is 0 Å². The van der Waals surface area contributed by atoms with Gasteiger partial charge in [-0.3, -0.25) is 0 Å². The number of hydrogen-bond acceptors (Lipinski definition) is 1. The van der Waals surface area contributed by atoms with Crippen LogP contribution in [-0.2, 0) is 0 Å². The highest BCUT2D eigenvalue weighted by Gasteiger charge is 2.11. The van der Waals surface area contributed by atoms with Crippen LogP contribution in [0.1, 0.15) is 52.9 Å². The molecule has 1 aliphatic heterocycles. The van der Waals surface area contributed by atoms with Crippen molar-refractivity contribution in [3.05, 3.63) is 0 Å². The maximum Gasteiger partial charge on any atom is -0.00649 e. The van der Waals surface area contributed by atoms with Gasteiger partial charge in [-0.2, -0.15) is 11.8 Å². The Morgan fingerprint density at radius 2 is 1.58 bits per heavy atom. The first kappa shape index (κ1) is 12.3. The maximum absolute atomic E-state index is 2.29. The van der Waals surface area contributed by atoms with E-state index in [1.54, 1.807) is 0 Å². The van der Waals surface area contributed by atoms with Crippen molar-refractivity contribution in [2.24, 2.45) is 5.92 Å². The Hall–Kier alpha value is 0.350. The van der Waals surface area contributed by atoms with Crippen molar-refractivity contribution in [1.29, 1.82) is 0 Å². The summed E-state index contributed by atoms with van der Waals surface area (Å²) in [6.45, 7) is 6.54. The Morgan fingerprint density at radius 3 is 2.00 bits per heavy atom. The van der Waals surface area contributed by atoms with Crippen molar-refractivity contribution in [2.45, 2.75) is 52.9 Å². The van der Waals surface area contributed by atoms with E-state index in [1.807, 2.05) is 0 Å². The molecule has 0 unspecified atom stereocenters. The molecule has 0 aromatic rings. The molecule has 0 amide bonds. The van der Waals surface area contributed by atoms with Gasteiger partial charge in [-0.1, -0.05) is 40.0 Å². The lowest BCUT2D eigenvalue weighted by Crippen LogP contribution is -2.08. The number of hydrogen-bond donors (Lipinski definition) is 0. The van der Waals surface area contributed by atoms with Crippen LogP contribution in [0.15, 0.2) is 0 Å². The van der Waals surface area contributed by atoms with Gasteiger partial charge in [0, 0.05) is 0 Å². The van der Waals surface area contributed by atoms with Crippen LogP contribution < -0.4 is 0 Å². The summed E-state index contributed by atoms with van der Waals surface area (Å²) in [6, 6.07) is 0. The summed E-state index contributed by atoms with van der Waals surface area (Å²) in [4.78, 5) is 0. The fraction of sp³-hybridized carbons (Fsp3) is 1.00. The zero-order chi connectivity index (χ0) is 9.23. The van der Waals surface area contributed by atoms with E-state index in [1.165, 1.54) is 43.6 Å². The summed E-state index contributed by atoms with van der Waals surface area (Å²) in [5, 5.41) is 0. The zero-order valence-corrected chi connectivity index (χ0v) is 9.75. The molecule has 1 aliphatic rings. The third kappa shape index (κ3) is 7.02. The molecule has 0 radical (unpaired) electrons. The first-order valence-corrected chi connectivity index (χ1v) is 6.58. The van der Waals surface area contributed by atoms with E-state index in [-0.39, 0.29) is 0 Å². The van der Waals surface area contributed by atoms with Gasteiger partial charge in [-0.15, -0.1) is 0 Å². The first-order valence-electron chi connectivity index (χ1n) is 5.42. The normalized spacial score (nSPS) is 18.2. The van der Waals surface area contributed by atoms with E-state index in [0.29, 0.717) is 0 Å². The van der Waals surface area contributed by atoms with Crippen LogP contribution in [0, 0.1) is 5.92 Å². The highest BCUT2D eigenvalue weighted by molar-refractivity contribution is 7.99. The Bertz CT molecular complexity index is 72.3. The minimum absolute atomic E-state index is 1.08. The van der Waals surface area contributed by atoms with Crippen LogP contribution in [0.3, 0.4) is 0 Å². The van der Waals surface area contributed by atoms with Crippen molar-refractivity contribution in [2.75, 3.05) is 11.5 Å². The minimum Gasteiger partial charge on any atom is -0.162 e. The van der Waals surface area contributed by atoms with Gasteiger partial charge in [-0.05, 0) is 30.3 Å². The van der Waals surface area contributed by atoms with Gasteiger partial charge in [0.1, 0.15) is 0 Å². The minimum atomic E-state index is 1.08. The standard InChI is InChI=1S/C8H16S.C3H8/c1-2-3-8-4-6-9-7-5-8;1-3-2/h8H,2-7H2,1H3;3H2,1-2H3. The smallest absolute Gasteiger partial charge is 0.00649 e. The van der Waals surface area contributed by atoms with Gasteiger partial charge < -0.3 is 0 Å². The molecule has 1 fully saturated rings. The van der Waals surface area contributed by atoms with Crippen LogP contribution in [0.5, 0.6) is 0 Å². The Kier molecular flexibility index (Phi) is 9.71. The molecule has 1 heteroatoms. The molecule has 1 saturated heterocycles. The second kappa shape index (κ2) is 9.44. The quantitative estimate of drug-likeness (QED) is 0.621. The fourth-order valence-corrected chi connectivity index (χ4v) is 2.65. The zero-order valence-electron chi connectivity index (χ0n) is 8.94. The predicted molar refractivity (Wildman–Crippen MR) is 60.9 cm³/mol. The molecule has 0 bridgehead atoms. The van der Waals surface area contributed by atoms with Gasteiger partial charge in [0.25, 0.3) is 0 Å². The average Bonchev–Trinajstić information content (AvgIpc) is 2.08. The monoisotopic (exact) mass is 188 g/mol. The molecular weight excluding hydrogens is 164 g/mol. The molecule has 1 heterocycles. The van der Waals surface area contributed by atoms with E-state index < -0.39 is 0 Å². The maximum atomic E-state index is 2.29. The Morgan fingerprint density at radius 1 is 1.08 bits per heavy atom. The highest BCUT2D eigenvalue weighted by Crippen LogP contribution is 2.25. The average molecular weight is 188 g/mol. The van der Waals surface area contributed by atoms with Crippen molar-refractivity contribution in [3.63, 3.8) is 0 Å². The highest BCUT2D eigenvalue weighted by atomic mass is 32.2. The second-order valence-corrected chi connectivity index (χ2v) is 4.78. The van der Waals surface area contributed by atoms with E-state index in [0.717, 1.165) is 5.92 Å². The van der Waals surface area contributed by atoms with Crippen molar-refractivity contribution < 1.29 is 0 Å². The molecule has 0 N–H and O–H groups in total. The molecule has 0 nitrogen and oxygen atoms in total. The Balaban J connectivity index is 0.000000354. The molecule has 74 valence electrons. The number of rotatable bonds is 2. The lowest BCUT2D eigenvalue weighted by Gasteiger charge is -2.19. The van der Waals surface area contributed by atoms with Crippen molar-refractivity contribution in [3.8, 4) is 0 Å². The van der Waals surface area contributed by atoms with Crippen LogP contribution in [0.25, 0.3) is 0 Å². The summed E-state index contributed by atoms with van der Waals surface area (Å²) in [5.41, 5.74) is 0. The van der Waals surface area contributed by atoms with Crippen LogP contribution in [-0.4, -0.2) is 11.5 Å². The summed E-state index contributed by atoms with van der Waals surface area (Å²) in [6.07, 6.45) is 7.08. The van der Waals surface area contributed by atoms with Crippen molar-refractivity contribution in [1.82, 2.24) is 0 Å². The van der Waals surface area contributed by atoms with Gasteiger partial charge in [0.2, 0.25) is 0 Å². The molecule has 1 rings (SSSR count). The predicted octanol–water partition coefficient (Wildman–Crippen LogP) is 4.35. The summed E-state index contributed by atoms with van der Waals surface area (Å²) in [5.74, 6) is 3.92. The Labute approximate surface area is 82.5 Å². The molecule has 0 aromatic heterocycles. The van der Waals surface area contributed by atoms with E-state index in [2.05, 4.69) is 32.5 Å². The summed E-state index contributed by atoms with van der Waals surface area (Å²) < 4.78 is 0.